The molecule has 1 aromatic rings. The molecule has 2 rings (SSSR count). The van der Waals surface area contributed by atoms with Crippen molar-refractivity contribution in [3.8, 4) is 0 Å². The minimum absolute atomic E-state index is 0.356. The molecule has 0 radical (unpaired) electrons. The number of carbonyl (C=O) groups is 1. The lowest BCUT2D eigenvalue weighted by Crippen LogP contribution is -2.45. The molecule has 0 spiro atoms. The molecule has 1 aliphatic rings. The van der Waals surface area contributed by atoms with Crippen LogP contribution in [0.4, 0.5) is 20.2 Å². The second-order valence-corrected chi connectivity index (χ2v) is 5.17. The zero-order valence-electron chi connectivity index (χ0n) is 11.4. The lowest BCUT2D eigenvalue weighted by Gasteiger charge is -2.27. The number of hydrogen-bond acceptors (Lipinski definition) is 4. The standard InChI is InChI=1S/C13H15F2N3O3/c1-7-2-3-16-11(4-7)13(19)17-10-6-12(18(20)21)9(15)5-8(10)14/h5-7,11,16H,2-4H2,1H3,(H,17,19). The number of piperidine rings is 1. The van der Waals surface area contributed by atoms with E-state index in [0.717, 1.165) is 6.42 Å². The van der Waals surface area contributed by atoms with E-state index in [2.05, 4.69) is 10.6 Å². The largest absolute Gasteiger partial charge is 0.322 e. The van der Waals surface area contributed by atoms with Gasteiger partial charge in [0.1, 0.15) is 5.82 Å². The van der Waals surface area contributed by atoms with Gasteiger partial charge in [-0.05, 0) is 25.3 Å². The van der Waals surface area contributed by atoms with Gasteiger partial charge < -0.3 is 10.6 Å². The van der Waals surface area contributed by atoms with E-state index in [1.165, 1.54) is 0 Å². The maximum absolute atomic E-state index is 13.6. The fourth-order valence-corrected chi connectivity index (χ4v) is 2.30. The van der Waals surface area contributed by atoms with Crippen LogP contribution in [0.25, 0.3) is 0 Å². The molecule has 21 heavy (non-hydrogen) atoms. The Morgan fingerprint density at radius 3 is 2.76 bits per heavy atom. The first-order chi connectivity index (χ1) is 9.88. The Bertz CT molecular complexity index is 580. The summed E-state index contributed by atoms with van der Waals surface area (Å²) >= 11 is 0. The van der Waals surface area contributed by atoms with E-state index in [1.54, 1.807) is 0 Å². The normalized spacial score (nSPS) is 21.9. The molecule has 1 saturated heterocycles. The molecular weight excluding hydrogens is 284 g/mol. The highest BCUT2D eigenvalue weighted by molar-refractivity contribution is 5.95. The van der Waals surface area contributed by atoms with Gasteiger partial charge in [-0.1, -0.05) is 6.92 Å². The van der Waals surface area contributed by atoms with Crippen LogP contribution < -0.4 is 10.6 Å². The van der Waals surface area contributed by atoms with Crippen molar-refractivity contribution in [3.05, 3.63) is 33.9 Å². The molecule has 6 nitrogen and oxygen atoms in total. The molecule has 1 aromatic carbocycles. The number of amides is 1. The molecule has 1 aliphatic heterocycles. The van der Waals surface area contributed by atoms with Crippen LogP contribution in [0.1, 0.15) is 19.8 Å². The Labute approximate surface area is 119 Å². The highest BCUT2D eigenvalue weighted by atomic mass is 19.1. The number of rotatable bonds is 3. The third-order valence-corrected chi connectivity index (χ3v) is 3.47. The Morgan fingerprint density at radius 1 is 1.43 bits per heavy atom. The highest BCUT2D eigenvalue weighted by Crippen LogP contribution is 2.25. The van der Waals surface area contributed by atoms with Crippen molar-refractivity contribution >= 4 is 17.3 Å². The third kappa shape index (κ3) is 3.52. The molecular formula is C13H15F2N3O3. The molecule has 114 valence electrons. The summed E-state index contributed by atoms with van der Waals surface area (Å²) in [4.78, 5) is 21.7. The van der Waals surface area contributed by atoms with Crippen molar-refractivity contribution in [2.45, 2.75) is 25.8 Å². The number of nitrogens with zero attached hydrogens (tertiary/aromatic N) is 1. The van der Waals surface area contributed by atoms with Gasteiger partial charge in [-0.15, -0.1) is 0 Å². The minimum atomic E-state index is -1.28. The zero-order valence-corrected chi connectivity index (χ0v) is 11.4. The van der Waals surface area contributed by atoms with Crippen LogP contribution >= 0.6 is 0 Å². The average molecular weight is 299 g/mol. The van der Waals surface area contributed by atoms with Gasteiger partial charge in [-0.25, -0.2) is 4.39 Å². The van der Waals surface area contributed by atoms with E-state index in [0.29, 0.717) is 31.0 Å². The van der Waals surface area contributed by atoms with Crippen LogP contribution in [0.2, 0.25) is 0 Å². The van der Waals surface area contributed by atoms with E-state index >= 15 is 0 Å². The van der Waals surface area contributed by atoms with Gasteiger partial charge in [0.2, 0.25) is 11.7 Å². The summed E-state index contributed by atoms with van der Waals surface area (Å²) < 4.78 is 26.8. The number of nitrogens with one attached hydrogen (secondary N) is 2. The number of carbonyl (C=O) groups excluding carboxylic acids is 1. The molecule has 8 heteroatoms. The number of benzene rings is 1. The lowest BCUT2D eigenvalue weighted by atomic mass is 9.94. The first-order valence-electron chi connectivity index (χ1n) is 6.56. The molecule has 0 saturated carbocycles. The maximum Gasteiger partial charge on any atom is 0.307 e. The van der Waals surface area contributed by atoms with Crippen LogP contribution in [0.15, 0.2) is 12.1 Å². The number of nitro groups is 1. The monoisotopic (exact) mass is 299 g/mol. The van der Waals surface area contributed by atoms with Crippen molar-refractivity contribution in [2.24, 2.45) is 5.92 Å². The molecule has 2 unspecified atom stereocenters. The van der Waals surface area contributed by atoms with Gasteiger partial charge in [-0.2, -0.15) is 4.39 Å². The first-order valence-corrected chi connectivity index (χ1v) is 6.56. The Kier molecular flexibility index (Phi) is 4.46. The van der Waals surface area contributed by atoms with E-state index in [1.807, 2.05) is 6.92 Å². The number of hydrogen-bond donors (Lipinski definition) is 2. The summed E-state index contributed by atoms with van der Waals surface area (Å²) in [5, 5.41) is 15.9. The Hall–Kier alpha value is -2.09. The van der Waals surface area contributed by atoms with Crippen molar-refractivity contribution in [2.75, 3.05) is 11.9 Å². The predicted octanol–water partition coefficient (Wildman–Crippen LogP) is 2.20. The first kappa shape index (κ1) is 15.3. The van der Waals surface area contributed by atoms with Crippen LogP contribution in [-0.2, 0) is 4.79 Å². The van der Waals surface area contributed by atoms with Crippen LogP contribution in [-0.4, -0.2) is 23.4 Å². The summed E-state index contributed by atoms with van der Waals surface area (Å²) in [5.74, 6) is -2.45. The smallest absolute Gasteiger partial charge is 0.307 e. The fraction of sp³-hybridized carbons (Fsp3) is 0.462. The molecule has 0 aliphatic carbocycles. The second-order valence-electron chi connectivity index (χ2n) is 5.17. The van der Waals surface area contributed by atoms with Gasteiger partial charge in [0.15, 0.2) is 0 Å². The van der Waals surface area contributed by atoms with Gasteiger partial charge in [0.25, 0.3) is 0 Å². The predicted molar refractivity (Wildman–Crippen MR) is 71.8 cm³/mol. The quantitative estimate of drug-likeness (QED) is 0.662. The molecule has 1 amide bonds. The van der Waals surface area contributed by atoms with Gasteiger partial charge in [-0.3, -0.25) is 14.9 Å². The lowest BCUT2D eigenvalue weighted by molar-refractivity contribution is -0.387. The van der Waals surface area contributed by atoms with E-state index in [-0.39, 0.29) is 0 Å². The Morgan fingerprint density at radius 2 is 2.14 bits per heavy atom. The summed E-state index contributed by atoms with van der Waals surface area (Å²) in [6, 6.07) is 0.594. The van der Waals surface area contributed by atoms with Crippen molar-refractivity contribution in [3.63, 3.8) is 0 Å². The fourth-order valence-electron chi connectivity index (χ4n) is 2.30. The summed E-state index contributed by atoms with van der Waals surface area (Å²) in [6.45, 7) is 2.68. The van der Waals surface area contributed by atoms with Gasteiger partial charge in [0, 0.05) is 12.1 Å². The summed E-state index contributed by atoms with van der Waals surface area (Å²) in [5.41, 5.74) is -1.27. The molecule has 2 N–H and O–H groups in total. The minimum Gasteiger partial charge on any atom is -0.322 e. The average Bonchev–Trinajstić information content (AvgIpc) is 2.41. The SMILES string of the molecule is CC1CCNC(C(=O)Nc2cc([N+](=O)[O-])c(F)cc2F)C1. The molecule has 1 fully saturated rings. The summed E-state index contributed by atoms with van der Waals surface area (Å²) in [7, 11) is 0. The van der Waals surface area contributed by atoms with E-state index in [4.69, 9.17) is 0 Å². The zero-order chi connectivity index (χ0) is 15.6. The van der Waals surface area contributed by atoms with Crippen LogP contribution in [0.3, 0.4) is 0 Å². The van der Waals surface area contributed by atoms with Crippen molar-refractivity contribution < 1.29 is 18.5 Å². The van der Waals surface area contributed by atoms with Crippen LogP contribution in [0, 0.1) is 27.7 Å². The van der Waals surface area contributed by atoms with E-state index < -0.39 is 39.9 Å². The molecule has 1 heterocycles. The van der Waals surface area contributed by atoms with E-state index in [9.17, 15) is 23.7 Å². The van der Waals surface area contributed by atoms with Crippen LogP contribution in [0.5, 0.6) is 0 Å². The third-order valence-electron chi connectivity index (χ3n) is 3.47. The second kappa shape index (κ2) is 6.13. The molecule has 2 atom stereocenters. The Balaban J connectivity index is 2.17. The highest BCUT2D eigenvalue weighted by Gasteiger charge is 2.26. The van der Waals surface area contributed by atoms with Gasteiger partial charge in [0.05, 0.1) is 16.7 Å². The topological polar surface area (TPSA) is 84.3 Å². The van der Waals surface area contributed by atoms with Crippen molar-refractivity contribution in [1.29, 1.82) is 0 Å². The number of halogens is 2. The van der Waals surface area contributed by atoms with Crippen molar-refractivity contribution in [1.82, 2.24) is 5.32 Å². The maximum atomic E-state index is 13.6. The molecule has 0 bridgehead atoms. The number of nitro benzene ring substituents is 1. The van der Waals surface area contributed by atoms with Gasteiger partial charge >= 0.3 is 5.69 Å². The summed E-state index contributed by atoms with van der Waals surface area (Å²) in [6.07, 6.45) is 1.54. The molecule has 0 aromatic heterocycles. The number of anilines is 1.